The van der Waals surface area contributed by atoms with Crippen LogP contribution >= 0.6 is 0 Å². The number of ketones is 1. The number of benzene rings is 2. The molecule has 0 saturated carbocycles. The van der Waals surface area contributed by atoms with Gasteiger partial charge in [-0.1, -0.05) is 59.7 Å². The highest BCUT2D eigenvalue weighted by Gasteiger charge is 2.47. The van der Waals surface area contributed by atoms with Crippen LogP contribution in [0.15, 0.2) is 36.4 Å². The van der Waals surface area contributed by atoms with Crippen LogP contribution in [0.25, 0.3) is 0 Å². The van der Waals surface area contributed by atoms with Crippen LogP contribution in [0.5, 0.6) is 5.75 Å². The molecule has 2 aromatic rings. The Morgan fingerprint density at radius 1 is 1.03 bits per heavy atom. The number of hydrogen-bond acceptors (Lipinski definition) is 5. The van der Waals surface area contributed by atoms with Crippen molar-refractivity contribution in [2.45, 2.75) is 89.6 Å². The fraction of sp³-hybridized carbons (Fsp3) is 0.581. The van der Waals surface area contributed by atoms with Crippen LogP contribution in [0.4, 0.5) is 4.39 Å². The summed E-state index contributed by atoms with van der Waals surface area (Å²) in [5.74, 6) is -0.339. The third-order valence-corrected chi connectivity index (χ3v) is 14.8. The van der Waals surface area contributed by atoms with E-state index in [1.54, 1.807) is 12.1 Å². The minimum atomic E-state index is -2.29. The molecule has 2 aliphatic heterocycles. The zero-order valence-electron chi connectivity index (χ0n) is 23.9. The molecule has 2 aliphatic rings. The molecule has 1 N–H and O–H groups in total. The lowest BCUT2D eigenvalue weighted by atomic mass is 9.82. The van der Waals surface area contributed by atoms with Crippen LogP contribution in [0.3, 0.4) is 0 Å². The van der Waals surface area contributed by atoms with E-state index in [-0.39, 0.29) is 18.1 Å². The second kappa shape index (κ2) is 11.6. The highest BCUT2D eigenvalue weighted by atomic mass is 28.4. The molecule has 1 fully saturated rings. The maximum Gasteiger partial charge on any atom is 0.258 e. The molecule has 5 nitrogen and oxygen atoms in total. The van der Waals surface area contributed by atoms with Crippen molar-refractivity contribution in [2.75, 3.05) is 26.2 Å². The second-order valence-corrected chi connectivity index (χ2v) is 17.5. The second-order valence-electron chi connectivity index (χ2n) is 12.1. The van der Waals surface area contributed by atoms with Crippen molar-refractivity contribution in [3.8, 4) is 5.75 Å². The Kier molecular flexibility index (Phi) is 8.82. The molecule has 2 heterocycles. The number of piperidine rings is 1. The van der Waals surface area contributed by atoms with Gasteiger partial charge in [-0.2, -0.15) is 0 Å². The molecule has 0 aliphatic carbocycles. The summed E-state index contributed by atoms with van der Waals surface area (Å²) in [6.07, 6.45) is 2.01. The standard InChI is InChI=1S/C31H44FNO4Si/c1-21(2)38(22(3)4,23(5)6)37-30-10-8-25(18-28(30)32)29(34)19-33-14-12-31(35,13-15-33)27-9-7-24-11-16-36-20-26(24)17-27/h7-10,17-18,21-23,35H,11-16,19-20H2,1-6H3. The average Bonchev–Trinajstić information content (AvgIpc) is 2.88. The molecule has 38 heavy (non-hydrogen) atoms. The molecule has 2 aromatic carbocycles. The van der Waals surface area contributed by atoms with Gasteiger partial charge in [0.1, 0.15) is 5.75 Å². The van der Waals surface area contributed by atoms with Gasteiger partial charge in [-0.25, -0.2) is 4.39 Å². The number of rotatable bonds is 9. The third kappa shape index (κ3) is 5.76. The average molecular weight is 542 g/mol. The first-order valence-electron chi connectivity index (χ1n) is 14.1. The monoisotopic (exact) mass is 541 g/mol. The molecular weight excluding hydrogens is 497 g/mol. The van der Waals surface area contributed by atoms with Crippen molar-refractivity contribution in [3.05, 3.63) is 64.5 Å². The van der Waals surface area contributed by atoms with Gasteiger partial charge in [-0.15, -0.1) is 0 Å². The molecule has 1 saturated heterocycles. The van der Waals surface area contributed by atoms with Gasteiger partial charge in [-0.05, 0) is 70.8 Å². The van der Waals surface area contributed by atoms with Crippen molar-refractivity contribution in [3.63, 3.8) is 0 Å². The molecule has 0 amide bonds. The van der Waals surface area contributed by atoms with Crippen LogP contribution < -0.4 is 4.43 Å². The number of nitrogens with zero attached hydrogens (tertiary/aromatic N) is 1. The van der Waals surface area contributed by atoms with E-state index in [2.05, 4.69) is 58.6 Å². The van der Waals surface area contributed by atoms with Gasteiger partial charge in [0.15, 0.2) is 11.6 Å². The Balaban J connectivity index is 1.39. The number of likely N-dealkylation sites (tertiary alicyclic amines) is 1. The fourth-order valence-corrected chi connectivity index (χ4v) is 11.9. The van der Waals surface area contributed by atoms with Gasteiger partial charge in [0, 0.05) is 18.7 Å². The van der Waals surface area contributed by atoms with E-state index in [4.69, 9.17) is 9.16 Å². The fourth-order valence-electron chi connectivity index (χ4n) is 6.62. The van der Waals surface area contributed by atoms with E-state index in [0.29, 0.717) is 54.7 Å². The predicted molar refractivity (Wildman–Crippen MR) is 152 cm³/mol. The van der Waals surface area contributed by atoms with E-state index in [9.17, 15) is 9.90 Å². The summed E-state index contributed by atoms with van der Waals surface area (Å²) in [5, 5.41) is 11.4. The third-order valence-electron chi connectivity index (χ3n) is 8.82. The van der Waals surface area contributed by atoms with Crippen molar-refractivity contribution >= 4 is 14.1 Å². The molecule has 0 bridgehead atoms. The van der Waals surface area contributed by atoms with Crippen LogP contribution in [-0.2, 0) is 23.4 Å². The molecule has 0 spiro atoms. The Morgan fingerprint density at radius 2 is 1.68 bits per heavy atom. The van der Waals surface area contributed by atoms with Crippen LogP contribution in [-0.4, -0.2) is 50.3 Å². The van der Waals surface area contributed by atoms with Crippen LogP contribution in [0.1, 0.15) is 81.4 Å². The normalized spacial score (nSPS) is 18.2. The van der Waals surface area contributed by atoms with Crippen molar-refractivity contribution in [1.29, 1.82) is 0 Å². The molecule has 7 heteroatoms. The first-order valence-corrected chi connectivity index (χ1v) is 16.3. The molecular formula is C31H44FNO4Si. The highest BCUT2D eigenvalue weighted by molar-refractivity contribution is 6.78. The lowest BCUT2D eigenvalue weighted by Gasteiger charge is -2.42. The number of ether oxygens (including phenoxy) is 1. The lowest BCUT2D eigenvalue weighted by molar-refractivity contribution is -0.0247. The Hall–Kier alpha value is -2.06. The Labute approximate surface area is 228 Å². The molecule has 0 radical (unpaired) electrons. The zero-order valence-corrected chi connectivity index (χ0v) is 24.9. The lowest BCUT2D eigenvalue weighted by Crippen LogP contribution is -2.50. The maximum absolute atomic E-state index is 15.2. The van der Waals surface area contributed by atoms with Crippen molar-refractivity contribution < 1.29 is 23.5 Å². The minimum absolute atomic E-state index is 0.119. The minimum Gasteiger partial charge on any atom is -0.541 e. The summed E-state index contributed by atoms with van der Waals surface area (Å²) in [6, 6.07) is 10.9. The summed E-state index contributed by atoms with van der Waals surface area (Å²) in [7, 11) is -2.29. The van der Waals surface area contributed by atoms with Crippen LogP contribution in [0, 0.1) is 5.82 Å². The number of Topliss-reactive ketones (excluding diaryl/α,β-unsaturated/α-hetero) is 1. The maximum atomic E-state index is 15.2. The predicted octanol–water partition coefficient (Wildman–Crippen LogP) is 6.62. The van der Waals surface area contributed by atoms with E-state index >= 15 is 4.39 Å². The molecule has 0 unspecified atom stereocenters. The Morgan fingerprint density at radius 3 is 2.29 bits per heavy atom. The first-order chi connectivity index (χ1) is 18.0. The van der Waals surface area contributed by atoms with Crippen molar-refractivity contribution in [1.82, 2.24) is 4.90 Å². The van der Waals surface area contributed by atoms with Gasteiger partial charge in [-0.3, -0.25) is 9.69 Å². The number of halogens is 1. The van der Waals surface area contributed by atoms with Crippen molar-refractivity contribution in [2.24, 2.45) is 0 Å². The van der Waals surface area contributed by atoms with Gasteiger partial charge < -0.3 is 14.3 Å². The van der Waals surface area contributed by atoms with E-state index in [0.717, 1.165) is 24.2 Å². The summed E-state index contributed by atoms with van der Waals surface area (Å²) in [6.45, 7) is 15.8. The van der Waals surface area contributed by atoms with Gasteiger partial charge in [0.2, 0.25) is 0 Å². The van der Waals surface area contributed by atoms with E-state index in [1.165, 1.54) is 11.6 Å². The summed E-state index contributed by atoms with van der Waals surface area (Å²) in [5.41, 5.74) is 3.81. The molecule has 0 aromatic heterocycles. The SMILES string of the molecule is CC(C)[Si](Oc1ccc(C(=O)CN2CCC(O)(c3ccc4c(c3)COCC4)CC2)cc1F)(C(C)C)C(C)C. The number of carbonyl (C=O) groups is 1. The zero-order chi connectivity index (χ0) is 27.7. The van der Waals surface area contributed by atoms with E-state index < -0.39 is 19.7 Å². The van der Waals surface area contributed by atoms with Crippen LogP contribution in [0.2, 0.25) is 16.6 Å². The first kappa shape index (κ1) is 28.9. The quantitative estimate of drug-likeness (QED) is 0.286. The molecule has 0 atom stereocenters. The summed E-state index contributed by atoms with van der Waals surface area (Å²) < 4.78 is 27.3. The summed E-state index contributed by atoms with van der Waals surface area (Å²) >= 11 is 0. The topological polar surface area (TPSA) is 59.0 Å². The van der Waals surface area contributed by atoms with Gasteiger partial charge >= 0.3 is 0 Å². The van der Waals surface area contributed by atoms with Gasteiger partial charge in [0.05, 0.1) is 25.4 Å². The number of carbonyl (C=O) groups excluding carboxylic acids is 1. The Bertz CT molecular complexity index is 1120. The van der Waals surface area contributed by atoms with E-state index in [1.807, 2.05) is 6.07 Å². The number of aliphatic hydroxyl groups is 1. The number of fused-ring (bicyclic) bond motifs is 1. The summed E-state index contributed by atoms with van der Waals surface area (Å²) in [4.78, 5) is 15.1. The molecule has 4 rings (SSSR count). The number of hydrogen-bond donors (Lipinski definition) is 1. The largest absolute Gasteiger partial charge is 0.541 e. The van der Waals surface area contributed by atoms with Gasteiger partial charge in [0.25, 0.3) is 8.32 Å². The highest BCUT2D eigenvalue weighted by Crippen LogP contribution is 2.43. The smallest absolute Gasteiger partial charge is 0.258 e. The molecule has 208 valence electrons.